The van der Waals surface area contributed by atoms with Gasteiger partial charge in [-0.05, 0) is 59.7 Å². The van der Waals surface area contributed by atoms with Gasteiger partial charge in [-0.3, -0.25) is 0 Å². The van der Waals surface area contributed by atoms with E-state index in [2.05, 4.69) is 4.98 Å². The van der Waals surface area contributed by atoms with Crippen molar-refractivity contribution in [3.8, 4) is 0 Å². The van der Waals surface area contributed by atoms with E-state index in [1.807, 2.05) is 65.8 Å². The first-order valence-corrected chi connectivity index (χ1v) is 9.40. The van der Waals surface area contributed by atoms with E-state index >= 15 is 0 Å². The topological polar surface area (TPSA) is 39.7 Å². The standard InChI is InChI=1S/C15H26ClNO3Si/c1-11(2)18-21(19-12(3)4,20-13(5)6)17-15-9-7-8-14(16)10-15/h7-13,17H,1-6H3. The van der Waals surface area contributed by atoms with Crippen LogP contribution in [0.4, 0.5) is 5.69 Å². The fraction of sp³-hybridized carbons (Fsp3) is 0.600. The van der Waals surface area contributed by atoms with E-state index in [0.29, 0.717) is 5.02 Å². The molecule has 0 aliphatic heterocycles. The van der Waals surface area contributed by atoms with Gasteiger partial charge in [0.15, 0.2) is 0 Å². The molecule has 0 aliphatic carbocycles. The molecule has 1 N–H and O–H groups in total. The third-order valence-corrected chi connectivity index (χ3v) is 5.47. The van der Waals surface area contributed by atoms with E-state index < -0.39 is 8.97 Å². The molecule has 1 aromatic rings. The lowest BCUT2D eigenvalue weighted by molar-refractivity contribution is 0.00913. The van der Waals surface area contributed by atoms with Crippen LogP contribution in [0.5, 0.6) is 0 Å². The van der Waals surface area contributed by atoms with Crippen LogP contribution in [0.25, 0.3) is 0 Å². The van der Waals surface area contributed by atoms with Crippen LogP contribution in [0.15, 0.2) is 24.3 Å². The van der Waals surface area contributed by atoms with E-state index in [4.69, 9.17) is 24.9 Å². The molecule has 0 saturated heterocycles. The van der Waals surface area contributed by atoms with Crippen molar-refractivity contribution >= 4 is 26.3 Å². The lowest BCUT2D eigenvalue weighted by atomic mass is 10.3. The van der Waals surface area contributed by atoms with Crippen molar-refractivity contribution in [3.05, 3.63) is 29.3 Å². The van der Waals surface area contributed by atoms with Gasteiger partial charge in [-0.15, -0.1) is 0 Å². The molecular formula is C15H26ClNO3Si. The second-order valence-electron chi connectivity index (χ2n) is 5.69. The minimum Gasteiger partial charge on any atom is -0.354 e. The summed E-state index contributed by atoms with van der Waals surface area (Å²) in [4.78, 5) is 3.32. The Morgan fingerprint density at radius 2 is 1.38 bits per heavy atom. The highest BCUT2D eigenvalue weighted by atomic mass is 35.5. The molecule has 0 radical (unpaired) electrons. The second kappa shape index (κ2) is 8.15. The number of hydrogen-bond donors (Lipinski definition) is 1. The van der Waals surface area contributed by atoms with Crippen molar-refractivity contribution in [2.45, 2.75) is 59.9 Å². The molecular weight excluding hydrogens is 306 g/mol. The molecule has 0 unspecified atom stereocenters. The van der Waals surface area contributed by atoms with Crippen LogP contribution in [0.1, 0.15) is 41.5 Å². The summed E-state index contributed by atoms with van der Waals surface area (Å²) in [6, 6.07) is 7.46. The molecule has 0 aromatic heterocycles. The van der Waals surface area contributed by atoms with Gasteiger partial charge in [-0.1, -0.05) is 17.7 Å². The van der Waals surface area contributed by atoms with Gasteiger partial charge in [0.1, 0.15) is 0 Å². The summed E-state index contributed by atoms with van der Waals surface area (Å²) >= 11 is 6.04. The number of hydrogen-bond acceptors (Lipinski definition) is 4. The number of rotatable bonds is 8. The predicted octanol–water partition coefficient (Wildman–Crippen LogP) is 4.46. The van der Waals surface area contributed by atoms with E-state index in [9.17, 15) is 0 Å². The number of halogens is 1. The van der Waals surface area contributed by atoms with E-state index in [1.165, 1.54) is 0 Å². The maximum absolute atomic E-state index is 6.04. The van der Waals surface area contributed by atoms with E-state index in [-0.39, 0.29) is 18.3 Å². The molecule has 120 valence electrons. The molecule has 0 bridgehead atoms. The van der Waals surface area contributed by atoms with Gasteiger partial charge >= 0.3 is 8.97 Å². The first-order valence-electron chi connectivity index (χ1n) is 7.29. The summed E-state index contributed by atoms with van der Waals surface area (Å²) in [5.41, 5.74) is 0.830. The fourth-order valence-electron chi connectivity index (χ4n) is 1.85. The van der Waals surface area contributed by atoms with Gasteiger partial charge in [-0.25, -0.2) is 0 Å². The highest BCUT2D eigenvalue weighted by Gasteiger charge is 2.46. The maximum Gasteiger partial charge on any atom is 0.631 e. The minimum absolute atomic E-state index is 0.0131. The Labute approximate surface area is 134 Å². The first kappa shape index (κ1) is 18.5. The number of anilines is 1. The molecule has 1 rings (SSSR count). The van der Waals surface area contributed by atoms with Gasteiger partial charge < -0.3 is 18.3 Å². The summed E-state index contributed by atoms with van der Waals surface area (Å²) in [6.07, 6.45) is -0.0393. The van der Waals surface area contributed by atoms with Crippen LogP contribution < -0.4 is 4.98 Å². The maximum atomic E-state index is 6.04. The normalized spacial score (nSPS) is 12.5. The molecule has 6 heteroatoms. The van der Waals surface area contributed by atoms with Crippen LogP contribution in [-0.2, 0) is 13.3 Å². The third kappa shape index (κ3) is 6.80. The molecule has 0 atom stereocenters. The van der Waals surface area contributed by atoms with Crippen molar-refractivity contribution in [1.82, 2.24) is 0 Å². The minimum atomic E-state index is -3.06. The largest absolute Gasteiger partial charge is 0.631 e. The van der Waals surface area contributed by atoms with Crippen molar-refractivity contribution in [3.63, 3.8) is 0 Å². The predicted molar refractivity (Wildman–Crippen MR) is 89.5 cm³/mol. The molecule has 0 saturated carbocycles. The van der Waals surface area contributed by atoms with E-state index in [1.54, 1.807) is 0 Å². The molecule has 0 amide bonds. The van der Waals surface area contributed by atoms with E-state index in [0.717, 1.165) is 5.69 Å². The average Bonchev–Trinajstić information content (AvgIpc) is 2.24. The first-order chi connectivity index (χ1) is 9.72. The van der Waals surface area contributed by atoms with Gasteiger partial charge in [-0.2, -0.15) is 0 Å². The second-order valence-corrected chi connectivity index (χ2v) is 8.20. The van der Waals surface area contributed by atoms with Crippen molar-refractivity contribution in [1.29, 1.82) is 0 Å². The van der Waals surface area contributed by atoms with Crippen LogP contribution in [0.2, 0.25) is 5.02 Å². The number of nitrogens with one attached hydrogen (secondary N) is 1. The van der Waals surface area contributed by atoms with Crippen LogP contribution in [0, 0.1) is 0 Å². The van der Waals surface area contributed by atoms with Crippen LogP contribution in [-0.4, -0.2) is 27.3 Å². The summed E-state index contributed by atoms with van der Waals surface area (Å²) in [5.74, 6) is 0. The van der Waals surface area contributed by atoms with Crippen LogP contribution in [0.3, 0.4) is 0 Å². The molecule has 0 heterocycles. The van der Waals surface area contributed by atoms with Crippen LogP contribution >= 0.6 is 11.6 Å². The lowest BCUT2D eigenvalue weighted by Gasteiger charge is -2.34. The van der Waals surface area contributed by atoms with Gasteiger partial charge in [0.25, 0.3) is 0 Å². The SMILES string of the molecule is CC(C)O[Si](Nc1cccc(Cl)c1)(OC(C)C)OC(C)C. The van der Waals surface area contributed by atoms with Crippen molar-refractivity contribution in [2.24, 2.45) is 0 Å². The summed E-state index contributed by atoms with van der Waals surface area (Å²) in [6.45, 7) is 11.8. The summed E-state index contributed by atoms with van der Waals surface area (Å²) in [5, 5.41) is 0.654. The zero-order valence-corrected chi connectivity index (χ0v) is 15.4. The summed E-state index contributed by atoms with van der Waals surface area (Å²) < 4.78 is 18.1. The molecule has 4 nitrogen and oxygen atoms in total. The number of benzene rings is 1. The molecule has 0 spiro atoms. The molecule has 0 fully saturated rings. The highest BCUT2D eigenvalue weighted by Crippen LogP contribution is 2.23. The third-order valence-electron chi connectivity index (χ3n) is 2.29. The average molecular weight is 332 g/mol. The Morgan fingerprint density at radius 1 is 0.905 bits per heavy atom. The zero-order chi connectivity index (χ0) is 16.0. The Bertz CT molecular complexity index is 414. The summed E-state index contributed by atoms with van der Waals surface area (Å²) in [7, 11) is -3.06. The van der Waals surface area contributed by atoms with Gasteiger partial charge in [0, 0.05) is 29.0 Å². The smallest absolute Gasteiger partial charge is 0.354 e. The molecule has 0 aliphatic rings. The fourth-order valence-corrected chi connectivity index (χ4v) is 4.75. The van der Waals surface area contributed by atoms with Crippen molar-refractivity contribution < 1.29 is 13.3 Å². The monoisotopic (exact) mass is 331 g/mol. The quantitative estimate of drug-likeness (QED) is 0.714. The Kier molecular flexibility index (Phi) is 7.16. The van der Waals surface area contributed by atoms with Gasteiger partial charge in [0.05, 0.1) is 0 Å². The van der Waals surface area contributed by atoms with Crippen molar-refractivity contribution in [2.75, 3.05) is 4.98 Å². The van der Waals surface area contributed by atoms with Gasteiger partial charge in [0.2, 0.25) is 0 Å². The Balaban J connectivity index is 3.06. The zero-order valence-electron chi connectivity index (χ0n) is 13.6. The Morgan fingerprint density at radius 3 is 1.76 bits per heavy atom. The molecule has 21 heavy (non-hydrogen) atoms. The molecule has 1 aromatic carbocycles. The highest BCUT2D eigenvalue weighted by molar-refractivity contribution is 6.64. The lowest BCUT2D eigenvalue weighted by Crippen LogP contribution is -2.57. The Hall–Kier alpha value is -0.593.